The van der Waals surface area contributed by atoms with Gasteiger partial charge in [-0.3, -0.25) is 0 Å². The monoisotopic (exact) mass is 305 g/mol. The van der Waals surface area contributed by atoms with Crippen molar-refractivity contribution >= 4 is 16.7 Å². The van der Waals surface area contributed by atoms with Gasteiger partial charge in [0, 0.05) is 30.9 Å². The molecule has 112 valence electrons. The first-order valence-corrected chi connectivity index (χ1v) is 8.49. The van der Waals surface area contributed by atoms with Crippen LogP contribution in [0.3, 0.4) is 0 Å². The maximum atomic E-state index is 5.13. The quantitative estimate of drug-likeness (QED) is 0.867. The number of aryl methyl sites for hydroxylation is 1. The maximum absolute atomic E-state index is 5.13. The molecule has 1 saturated carbocycles. The van der Waals surface area contributed by atoms with Crippen molar-refractivity contribution in [2.24, 2.45) is 0 Å². The van der Waals surface area contributed by atoms with Crippen molar-refractivity contribution in [3.8, 4) is 0 Å². The van der Waals surface area contributed by atoms with Crippen molar-refractivity contribution in [3.05, 3.63) is 17.5 Å². The van der Waals surface area contributed by atoms with Gasteiger partial charge in [0.2, 0.25) is 11.0 Å². The van der Waals surface area contributed by atoms with E-state index < -0.39 is 0 Å². The van der Waals surface area contributed by atoms with E-state index in [0.29, 0.717) is 11.8 Å². The van der Waals surface area contributed by atoms with E-state index in [9.17, 15) is 0 Å². The Bertz CT molecular complexity index is 618. The molecule has 4 rings (SSSR count). The highest BCUT2D eigenvalue weighted by Gasteiger charge is 2.33. The summed E-state index contributed by atoms with van der Waals surface area (Å²) < 4.78 is 9.73. The van der Waals surface area contributed by atoms with Crippen molar-refractivity contribution in [3.63, 3.8) is 0 Å². The molecule has 21 heavy (non-hydrogen) atoms. The average Bonchev–Trinajstić information content (AvgIpc) is 3.25. The van der Waals surface area contributed by atoms with Gasteiger partial charge < -0.3 is 9.42 Å². The summed E-state index contributed by atoms with van der Waals surface area (Å²) in [5.41, 5.74) is 0. The standard InChI is InChI=1S/C14H19N5OS/c1-9-15-13(17-20-9)11-7-4-8-19(11)14-16-12(18-21-14)10-5-2-3-6-10/h10-11H,2-8H2,1H3. The topological polar surface area (TPSA) is 67.9 Å². The van der Waals surface area contributed by atoms with Crippen LogP contribution in [0.15, 0.2) is 4.52 Å². The second-order valence-electron chi connectivity index (χ2n) is 5.94. The van der Waals surface area contributed by atoms with E-state index in [2.05, 4.69) is 19.4 Å². The Balaban J connectivity index is 1.57. The summed E-state index contributed by atoms with van der Waals surface area (Å²) in [4.78, 5) is 11.5. The van der Waals surface area contributed by atoms with E-state index >= 15 is 0 Å². The van der Waals surface area contributed by atoms with E-state index in [1.54, 1.807) is 0 Å². The van der Waals surface area contributed by atoms with Crippen molar-refractivity contribution < 1.29 is 4.52 Å². The molecule has 2 aromatic heterocycles. The van der Waals surface area contributed by atoms with E-state index in [1.165, 1.54) is 37.2 Å². The van der Waals surface area contributed by atoms with Crippen LogP contribution >= 0.6 is 11.5 Å². The third-order valence-electron chi connectivity index (χ3n) is 4.49. The van der Waals surface area contributed by atoms with Crippen molar-refractivity contribution in [2.45, 2.75) is 57.4 Å². The zero-order valence-corrected chi connectivity index (χ0v) is 13.0. The van der Waals surface area contributed by atoms with Crippen LogP contribution in [0.1, 0.15) is 68.0 Å². The zero-order valence-electron chi connectivity index (χ0n) is 12.2. The summed E-state index contributed by atoms with van der Waals surface area (Å²) in [7, 11) is 0. The molecule has 2 fully saturated rings. The van der Waals surface area contributed by atoms with Crippen LogP contribution in [-0.4, -0.2) is 26.0 Å². The van der Waals surface area contributed by atoms with Crippen LogP contribution in [0.5, 0.6) is 0 Å². The number of rotatable bonds is 3. The molecule has 0 aromatic carbocycles. The van der Waals surface area contributed by atoms with Crippen molar-refractivity contribution in [2.75, 3.05) is 11.4 Å². The van der Waals surface area contributed by atoms with Gasteiger partial charge >= 0.3 is 0 Å². The fourth-order valence-electron chi connectivity index (χ4n) is 3.41. The van der Waals surface area contributed by atoms with Gasteiger partial charge in [-0.25, -0.2) is 4.98 Å². The second-order valence-corrected chi connectivity index (χ2v) is 6.67. The maximum Gasteiger partial charge on any atom is 0.223 e. The van der Waals surface area contributed by atoms with Crippen LogP contribution in [-0.2, 0) is 0 Å². The summed E-state index contributed by atoms with van der Waals surface area (Å²) in [6, 6.07) is 0.187. The first-order valence-electron chi connectivity index (χ1n) is 7.72. The lowest BCUT2D eigenvalue weighted by molar-refractivity contribution is 0.383. The summed E-state index contributed by atoms with van der Waals surface area (Å²) in [6.07, 6.45) is 7.29. The molecular formula is C14H19N5OS. The lowest BCUT2D eigenvalue weighted by Gasteiger charge is -2.20. The molecule has 2 aliphatic rings. The number of aromatic nitrogens is 4. The van der Waals surface area contributed by atoms with Crippen LogP contribution < -0.4 is 4.90 Å². The Kier molecular flexibility index (Phi) is 3.37. The molecule has 0 bridgehead atoms. The molecule has 1 unspecified atom stereocenters. The SMILES string of the molecule is Cc1nc(C2CCCN2c2nc(C3CCCC3)ns2)no1. The Morgan fingerprint density at radius 3 is 2.71 bits per heavy atom. The van der Waals surface area contributed by atoms with E-state index in [-0.39, 0.29) is 6.04 Å². The largest absolute Gasteiger partial charge is 0.340 e. The van der Waals surface area contributed by atoms with Gasteiger partial charge in [0.1, 0.15) is 5.82 Å². The smallest absolute Gasteiger partial charge is 0.223 e. The summed E-state index contributed by atoms with van der Waals surface area (Å²) in [5, 5.41) is 5.10. The van der Waals surface area contributed by atoms with Gasteiger partial charge in [-0.2, -0.15) is 9.36 Å². The number of hydrogen-bond donors (Lipinski definition) is 0. The Hall–Kier alpha value is -1.50. The lowest BCUT2D eigenvalue weighted by Crippen LogP contribution is -2.23. The van der Waals surface area contributed by atoms with Crippen LogP contribution in [0.25, 0.3) is 0 Å². The molecule has 0 N–H and O–H groups in total. The van der Waals surface area contributed by atoms with Crippen molar-refractivity contribution in [1.29, 1.82) is 0 Å². The van der Waals surface area contributed by atoms with Crippen molar-refractivity contribution in [1.82, 2.24) is 19.5 Å². The fraction of sp³-hybridized carbons (Fsp3) is 0.714. The third-order valence-corrected chi connectivity index (χ3v) is 5.26. The molecular weight excluding hydrogens is 286 g/mol. The predicted octanol–water partition coefficient (Wildman–Crippen LogP) is 3.23. The highest BCUT2D eigenvalue weighted by atomic mass is 32.1. The zero-order chi connectivity index (χ0) is 14.2. The van der Waals surface area contributed by atoms with Gasteiger partial charge in [-0.15, -0.1) is 0 Å². The minimum Gasteiger partial charge on any atom is -0.340 e. The lowest BCUT2D eigenvalue weighted by atomic mass is 10.1. The minimum atomic E-state index is 0.187. The molecule has 1 aliphatic carbocycles. The highest BCUT2D eigenvalue weighted by Crippen LogP contribution is 2.38. The number of nitrogens with zero attached hydrogens (tertiary/aromatic N) is 5. The first kappa shape index (κ1) is 13.2. The predicted molar refractivity (Wildman–Crippen MR) is 79.5 cm³/mol. The fourth-order valence-corrected chi connectivity index (χ4v) is 4.23. The van der Waals surface area contributed by atoms with E-state index in [0.717, 1.165) is 36.2 Å². The third kappa shape index (κ3) is 2.43. The van der Waals surface area contributed by atoms with E-state index in [4.69, 9.17) is 9.51 Å². The van der Waals surface area contributed by atoms with Crippen LogP contribution in [0.4, 0.5) is 5.13 Å². The Morgan fingerprint density at radius 1 is 1.10 bits per heavy atom. The van der Waals surface area contributed by atoms with Gasteiger partial charge in [0.15, 0.2) is 5.82 Å². The normalized spacial score (nSPS) is 23.3. The molecule has 7 heteroatoms. The number of hydrogen-bond acceptors (Lipinski definition) is 7. The molecule has 1 aliphatic heterocycles. The number of anilines is 1. The van der Waals surface area contributed by atoms with Crippen LogP contribution in [0, 0.1) is 6.92 Å². The molecule has 3 heterocycles. The summed E-state index contributed by atoms with van der Waals surface area (Å²) >= 11 is 1.52. The summed E-state index contributed by atoms with van der Waals surface area (Å²) in [5.74, 6) is 3.02. The van der Waals surface area contributed by atoms with E-state index in [1.807, 2.05) is 6.92 Å². The van der Waals surface area contributed by atoms with Gasteiger partial charge in [-0.05, 0) is 25.7 Å². The molecule has 1 atom stereocenters. The van der Waals surface area contributed by atoms with Crippen LogP contribution in [0.2, 0.25) is 0 Å². The Morgan fingerprint density at radius 2 is 1.95 bits per heavy atom. The highest BCUT2D eigenvalue weighted by molar-refractivity contribution is 7.09. The Labute approximate surface area is 127 Å². The molecule has 6 nitrogen and oxygen atoms in total. The molecule has 0 radical (unpaired) electrons. The van der Waals surface area contributed by atoms with Gasteiger partial charge in [0.05, 0.1) is 6.04 Å². The molecule has 1 saturated heterocycles. The average molecular weight is 305 g/mol. The van der Waals surface area contributed by atoms with Gasteiger partial charge in [-0.1, -0.05) is 18.0 Å². The van der Waals surface area contributed by atoms with Gasteiger partial charge in [0.25, 0.3) is 0 Å². The summed E-state index contributed by atoms with van der Waals surface area (Å²) in [6.45, 7) is 2.83. The molecule has 0 amide bonds. The second kappa shape index (κ2) is 5.36. The molecule has 0 spiro atoms. The minimum absolute atomic E-state index is 0.187. The first-order chi connectivity index (χ1) is 10.3. The molecule has 2 aromatic rings.